The maximum absolute atomic E-state index is 12.2. The van der Waals surface area contributed by atoms with Gasteiger partial charge in [-0.05, 0) is 58.5 Å². The lowest BCUT2D eigenvalue weighted by molar-refractivity contribution is 0.123. The lowest BCUT2D eigenvalue weighted by Gasteiger charge is -2.39. The first kappa shape index (κ1) is 18.9. The summed E-state index contributed by atoms with van der Waals surface area (Å²) in [5.74, 6) is 1.39. The molecule has 7 heteroatoms. The van der Waals surface area contributed by atoms with Crippen molar-refractivity contribution in [3.05, 3.63) is 17.0 Å². The molecule has 6 nitrogen and oxygen atoms in total. The van der Waals surface area contributed by atoms with Crippen molar-refractivity contribution in [2.24, 2.45) is 5.92 Å². The first-order chi connectivity index (χ1) is 11.9. The lowest BCUT2D eigenvalue weighted by Crippen LogP contribution is -2.47. The fourth-order valence-corrected chi connectivity index (χ4v) is 5.67. The predicted octanol–water partition coefficient (Wildman–Crippen LogP) is 2.71. The molecule has 142 valence electrons. The molecular formula is C18H31N3O3S. The van der Waals surface area contributed by atoms with Gasteiger partial charge in [-0.1, -0.05) is 18.0 Å². The fraction of sp³-hybridized carbons (Fsp3) is 0.833. The number of rotatable bonds is 4. The Morgan fingerprint density at radius 1 is 1.08 bits per heavy atom. The van der Waals surface area contributed by atoms with E-state index in [1.54, 1.807) is 4.31 Å². The van der Waals surface area contributed by atoms with Crippen LogP contribution in [0.1, 0.15) is 55.5 Å². The lowest BCUT2D eigenvalue weighted by atomic mass is 9.87. The van der Waals surface area contributed by atoms with Crippen molar-refractivity contribution >= 4 is 10.0 Å². The Hall–Kier alpha value is -0.920. The molecule has 2 aliphatic heterocycles. The quantitative estimate of drug-likeness (QED) is 0.816. The van der Waals surface area contributed by atoms with Crippen LogP contribution in [0.5, 0.6) is 0 Å². The molecular weight excluding hydrogens is 338 g/mol. The highest BCUT2D eigenvalue weighted by atomic mass is 32.2. The second-order valence-corrected chi connectivity index (χ2v) is 9.64. The zero-order chi connectivity index (χ0) is 18.0. The minimum Gasteiger partial charge on any atom is -0.361 e. The number of piperidine rings is 1. The zero-order valence-corrected chi connectivity index (χ0v) is 16.5. The van der Waals surface area contributed by atoms with Crippen LogP contribution < -0.4 is 0 Å². The van der Waals surface area contributed by atoms with E-state index in [4.69, 9.17) is 4.52 Å². The van der Waals surface area contributed by atoms with Crippen LogP contribution in [0.25, 0.3) is 0 Å². The minimum atomic E-state index is -3.11. The number of hydrogen-bond donors (Lipinski definition) is 0. The summed E-state index contributed by atoms with van der Waals surface area (Å²) in [6, 6.07) is 0.193. The Labute approximate surface area is 151 Å². The molecule has 0 radical (unpaired) electrons. The molecule has 1 unspecified atom stereocenters. The maximum Gasteiger partial charge on any atom is 0.211 e. The molecule has 0 amide bonds. The van der Waals surface area contributed by atoms with Crippen LogP contribution in [0, 0.1) is 19.8 Å². The highest BCUT2D eigenvalue weighted by Crippen LogP contribution is 2.32. The summed E-state index contributed by atoms with van der Waals surface area (Å²) < 4.78 is 31.6. The molecule has 0 bridgehead atoms. The summed E-state index contributed by atoms with van der Waals surface area (Å²) in [6.45, 7) is 7.58. The number of nitrogens with zero attached hydrogens (tertiary/aromatic N) is 3. The Kier molecular flexibility index (Phi) is 5.85. The van der Waals surface area contributed by atoms with Crippen LogP contribution in [0.2, 0.25) is 0 Å². The topological polar surface area (TPSA) is 66.7 Å². The average molecular weight is 370 g/mol. The molecule has 3 rings (SSSR count). The van der Waals surface area contributed by atoms with Gasteiger partial charge in [0.05, 0.1) is 11.9 Å². The first-order valence-electron chi connectivity index (χ1n) is 9.47. The van der Waals surface area contributed by atoms with Crippen molar-refractivity contribution in [3.63, 3.8) is 0 Å². The predicted molar refractivity (Wildman–Crippen MR) is 97.8 cm³/mol. The normalized spacial score (nSPS) is 25.2. The Bertz CT molecular complexity index is 658. The summed E-state index contributed by atoms with van der Waals surface area (Å²) in [5, 5.41) is 4.04. The number of aryl methyl sites for hydroxylation is 2. The van der Waals surface area contributed by atoms with Gasteiger partial charge in [-0.15, -0.1) is 0 Å². The summed E-state index contributed by atoms with van der Waals surface area (Å²) in [4.78, 5) is 2.45. The van der Waals surface area contributed by atoms with Crippen LogP contribution in [0.3, 0.4) is 0 Å². The van der Waals surface area contributed by atoms with Gasteiger partial charge < -0.3 is 4.52 Å². The largest absolute Gasteiger partial charge is 0.361 e. The third-order valence-corrected chi connectivity index (χ3v) is 7.22. The second-order valence-electron chi connectivity index (χ2n) is 7.71. The number of aromatic nitrogens is 1. The van der Waals surface area contributed by atoms with E-state index >= 15 is 0 Å². The molecule has 25 heavy (non-hydrogen) atoms. The highest BCUT2D eigenvalue weighted by Gasteiger charge is 2.35. The summed E-state index contributed by atoms with van der Waals surface area (Å²) in [5.41, 5.74) is 2.18. The molecule has 2 saturated heterocycles. The third-order valence-electron chi connectivity index (χ3n) is 5.91. The van der Waals surface area contributed by atoms with Crippen molar-refractivity contribution in [2.45, 2.75) is 65.0 Å². The van der Waals surface area contributed by atoms with Crippen molar-refractivity contribution < 1.29 is 12.9 Å². The van der Waals surface area contributed by atoms with Gasteiger partial charge in [-0.25, -0.2) is 8.42 Å². The van der Waals surface area contributed by atoms with Crippen LogP contribution in [-0.4, -0.2) is 54.7 Å². The molecule has 3 heterocycles. The number of hydrogen-bond acceptors (Lipinski definition) is 5. The summed E-state index contributed by atoms with van der Waals surface area (Å²) in [6.07, 6.45) is 7.82. The summed E-state index contributed by atoms with van der Waals surface area (Å²) >= 11 is 0. The maximum atomic E-state index is 12.2. The van der Waals surface area contributed by atoms with Crippen LogP contribution in [-0.2, 0) is 16.6 Å². The van der Waals surface area contributed by atoms with Crippen molar-refractivity contribution in [1.29, 1.82) is 0 Å². The number of likely N-dealkylation sites (tertiary alicyclic amines) is 1. The molecule has 1 aromatic rings. The highest BCUT2D eigenvalue weighted by molar-refractivity contribution is 7.88. The first-order valence-corrected chi connectivity index (χ1v) is 11.3. The van der Waals surface area contributed by atoms with Gasteiger partial charge in [0.25, 0.3) is 0 Å². The van der Waals surface area contributed by atoms with Crippen LogP contribution in [0.4, 0.5) is 0 Å². The molecule has 1 atom stereocenters. The Morgan fingerprint density at radius 3 is 2.40 bits per heavy atom. The van der Waals surface area contributed by atoms with E-state index in [1.807, 2.05) is 13.8 Å². The SMILES string of the molecule is Cc1noc(C)c1CN1CCC(C2CCCCCN2S(C)(=O)=O)CC1. The van der Waals surface area contributed by atoms with Crippen LogP contribution in [0.15, 0.2) is 4.52 Å². The molecule has 0 aliphatic carbocycles. The zero-order valence-electron chi connectivity index (χ0n) is 15.7. The van der Waals surface area contributed by atoms with E-state index in [9.17, 15) is 8.42 Å². The molecule has 0 aromatic carbocycles. The van der Waals surface area contributed by atoms with E-state index in [2.05, 4.69) is 10.1 Å². The minimum absolute atomic E-state index is 0.193. The molecule has 2 aliphatic rings. The number of sulfonamides is 1. The van der Waals surface area contributed by atoms with E-state index in [0.29, 0.717) is 12.5 Å². The monoisotopic (exact) mass is 369 g/mol. The van der Waals surface area contributed by atoms with Gasteiger partial charge in [-0.3, -0.25) is 4.90 Å². The van der Waals surface area contributed by atoms with Crippen molar-refractivity contribution in [2.75, 3.05) is 25.9 Å². The van der Waals surface area contributed by atoms with Gasteiger partial charge in [0, 0.05) is 24.7 Å². The van der Waals surface area contributed by atoms with Crippen molar-refractivity contribution in [1.82, 2.24) is 14.4 Å². The molecule has 0 spiro atoms. The molecule has 0 N–H and O–H groups in total. The summed E-state index contributed by atoms with van der Waals surface area (Å²) in [7, 11) is -3.11. The van der Waals surface area contributed by atoms with Crippen LogP contribution >= 0.6 is 0 Å². The van der Waals surface area contributed by atoms with E-state index < -0.39 is 10.0 Å². The van der Waals surface area contributed by atoms with Gasteiger partial charge in [0.2, 0.25) is 10.0 Å². The second kappa shape index (κ2) is 7.76. The molecule has 2 fully saturated rings. The van der Waals surface area contributed by atoms with E-state index in [0.717, 1.165) is 69.6 Å². The average Bonchev–Trinajstić information content (AvgIpc) is 2.79. The van der Waals surface area contributed by atoms with Gasteiger partial charge in [0.15, 0.2) is 0 Å². The Balaban J connectivity index is 1.62. The van der Waals surface area contributed by atoms with Gasteiger partial charge in [-0.2, -0.15) is 4.31 Å². The molecule has 0 saturated carbocycles. The Morgan fingerprint density at radius 2 is 1.80 bits per heavy atom. The van der Waals surface area contributed by atoms with E-state index in [1.165, 1.54) is 11.8 Å². The van der Waals surface area contributed by atoms with Gasteiger partial charge >= 0.3 is 0 Å². The van der Waals surface area contributed by atoms with Crippen molar-refractivity contribution in [3.8, 4) is 0 Å². The third kappa shape index (κ3) is 4.44. The van der Waals surface area contributed by atoms with E-state index in [-0.39, 0.29) is 6.04 Å². The standard InChI is InChI=1S/C18H31N3O3S/c1-14-17(15(2)24-19-14)13-20-11-8-16(9-12-20)18-7-5-4-6-10-21(18)25(3,22)23/h16,18H,4-13H2,1-3H3. The fourth-order valence-electron chi connectivity index (χ4n) is 4.44. The van der Waals surface area contributed by atoms with Gasteiger partial charge in [0.1, 0.15) is 5.76 Å². The smallest absolute Gasteiger partial charge is 0.211 e. The molecule has 1 aromatic heterocycles.